The molecule has 0 aliphatic carbocycles. The number of nitrogens with zero attached hydrogens (tertiary/aromatic N) is 1. The third-order valence-electron chi connectivity index (χ3n) is 15.2. The SMILES string of the molecule is NCCCC[C@@H]1NC(=O)[C@H](CCC(=O)O)NC(=O)c2cc(NC(=O)CNC(=O)CCCC3C[C@H]4NC(=O)N[C@H]4S3)ccc2OCCC(C(=O)NCC(=O)O)NC1=O.NCCCC[C@@H]1NC(=O)[C@H](CCC(=O)O)NC(=O)c2cc([N+](=O)[O-])ccc2OCCC(C(=O)NCC(=O)O)NC1=O. The maximum atomic E-state index is 13.7. The van der Waals surface area contributed by atoms with Gasteiger partial charge in [-0.3, -0.25) is 77.2 Å². The lowest BCUT2D eigenvalue weighted by atomic mass is 10.0. The second kappa shape index (κ2) is 39.6. The quantitative estimate of drug-likeness (QED) is 0.0231. The predicted molar refractivity (Wildman–Crippen MR) is 342 cm³/mol. The first-order chi connectivity index (χ1) is 46.6. The zero-order valence-corrected chi connectivity index (χ0v) is 53.8. The first-order valence-electron chi connectivity index (χ1n) is 31.3. The van der Waals surface area contributed by atoms with Gasteiger partial charge in [0, 0.05) is 55.2 Å². The molecular weight excluding hydrogens is 1320 g/mol. The second-order valence-electron chi connectivity index (χ2n) is 22.7. The van der Waals surface area contributed by atoms with Gasteiger partial charge in [-0.25, -0.2) is 4.79 Å². The van der Waals surface area contributed by atoms with Crippen LogP contribution in [0.1, 0.15) is 123 Å². The van der Waals surface area contributed by atoms with Crippen molar-refractivity contribution < 1.29 is 107 Å². The van der Waals surface area contributed by atoms with E-state index >= 15 is 0 Å². The number of nitrogens with one attached hydrogen (secondary N) is 12. The van der Waals surface area contributed by atoms with Crippen LogP contribution in [0.25, 0.3) is 0 Å². The molecule has 4 aliphatic heterocycles. The number of non-ortho nitro benzene ring substituents is 1. The normalized spacial score (nSPS) is 21.9. The number of nitrogens with two attached hydrogens (primary N) is 2. The van der Waals surface area contributed by atoms with E-state index < -0.39 is 150 Å². The summed E-state index contributed by atoms with van der Waals surface area (Å²) in [6.07, 6.45) is 2.00. The van der Waals surface area contributed by atoms with E-state index in [0.29, 0.717) is 38.6 Å². The molecule has 20 N–H and O–H groups in total. The van der Waals surface area contributed by atoms with Crippen LogP contribution in [0.4, 0.5) is 16.2 Å². The fourth-order valence-corrected chi connectivity index (χ4v) is 11.8. The molecule has 9 atom stereocenters. The Bertz CT molecular complexity index is 3270. The third-order valence-corrected chi connectivity index (χ3v) is 16.8. The van der Waals surface area contributed by atoms with Gasteiger partial charge in [0.25, 0.3) is 17.5 Å². The summed E-state index contributed by atoms with van der Waals surface area (Å²) in [7, 11) is 0. The fourth-order valence-electron chi connectivity index (χ4n) is 10.2. The molecule has 98 heavy (non-hydrogen) atoms. The third kappa shape index (κ3) is 26.3. The molecule has 0 saturated carbocycles. The van der Waals surface area contributed by atoms with Crippen LogP contribution in [0.3, 0.4) is 0 Å². The van der Waals surface area contributed by atoms with Gasteiger partial charge in [-0.2, -0.15) is 0 Å². The molecule has 2 aromatic carbocycles. The first kappa shape index (κ1) is 78.3. The maximum Gasteiger partial charge on any atom is 0.322 e. The van der Waals surface area contributed by atoms with Gasteiger partial charge in [-0.1, -0.05) is 0 Å². The number of carboxylic acids is 4. The van der Waals surface area contributed by atoms with Crippen molar-refractivity contribution in [2.24, 2.45) is 11.5 Å². The molecule has 2 aromatic rings. The van der Waals surface area contributed by atoms with Gasteiger partial charge in [0.1, 0.15) is 60.8 Å². The summed E-state index contributed by atoms with van der Waals surface area (Å²) in [6.45, 7) is -1.84. The van der Waals surface area contributed by atoms with E-state index in [1.807, 2.05) is 0 Å². The van der Waals surface area contributed by atoms with Crippen molar-refractivity contribution in [3.05, 3.63) is 57.6 Å². The monoisotopic (exact) mass is 1400 g/mol. The van der Waals surface area contributed by atoms with Crippen LogP contribution in [0.15, 0.2) is 36.4 Å². The first-order valence-corrected chi connectivity index (χ1v) is 32.2. The highest BCUT2D eigenvalue weighted by Gasteiger charge is 2.41. The number of thioether (sulfide) groups is 1. The molecule has 536 valence electrons. The summed E-state index contributed by atoms with van der Waals surface area (Å²) in [5.41, 5.74) is 10.3. The lowest BCUT2D eigenvalue weighted by molar-refractivity contribution is -0.384. The van der Waals surface area contributed by atoms with Gasteiger partial charge in [0.2, 0.25) is 47.3 Å². The van der Waals surface area contributed by atoms with E-state index in [1.165, 1.54) is 18.2 Å². The average molecular weight is 1400 g/mol. The van der Waals surface area contributed by atoms with Gasteiger partial charge in [0.15, 0.2) is 0 Å². The number of hydrogen-bond donors (Lipinski definition) is 18. The van der Waals surface area contributed by atoms with Crippen LogP contribution in [0.2, 0.25) is 0 Å². The Morgan fingerprint density at radius 1 is 0.531 bits per heavy atom. The number of carbonyl (C=O) groups excluding carboxylic acids is 11. The number of fused-ring (bicyclic) bond motifs is 3. The van der Waals surface area contributed by atoms with Crippen LogP contribution in [-0.2, 0) is 57.5 Å². The number of carboxylic acid groups (broad SMARTS) is 4. The Hall–Kier alpha value is -10.4. The van der Waals surface area contributed by atoms with Crippen molar-refractivity contribution in [3.8, 4) is 11.5 Å². The number of anilines is 1. The summed E-state index contributed by atoms with van der Waals surface area (Å²) < 4.78 is 11.4. The van der Waals surface area contributed by atoms with Gasteiger partial charge in [-0.05, 0) is 108 Å². The molecule has 4 heterocycles. The second-order valence-corrected chi connectivity index (χ2v) is 24.2. The maximum absolute atomic E-state index is 13.7. The van der Waals surface area contributed by atoms with E-state index in [-0.39, 0.29) is 128 Å². The van der Waals surface area contributed by atoms with Crippen molar-refractivity contribution in [2.45, 2.75) is 156 Å². The van der Waals surface area contributed by atoms with Crippen molar-refractivity contribution in [3.63, 3.8) is 0 Å². The van der Waals surface area contributed by atoms with Crippen molar-refractivity contribution in [2.75, 3.05) is 51.3 Å². The lowest BCUT2D eigenvalue weighted by Gasteiger charge is -2.26. The summed E-state index contributed by atoms with van der Waals surface area (Å²) in [4.78, 5) is 198. The fraction of sp³-hybridized carbons (Fsp3) is 0.542. The van der Waals surface area contributed by atoms with Gasteiger partial charge in [0.05, 0.1) is 47.2 Å². The Morgan fingerprint density at radius 3 is 1.48 bits per heavy atom. The molecule has 0 radical (unpaired) electrons. The number of rotatable bonds is 28. The molecule has 38 nitrogen and oxygen atoms in total. The zero-order valence-electron chi connectivity index (χ0n) is 53.0. The molecular formula is C59H81N15O23S. The van der Waals surface area contributed by atoms with Crippen molar-refractivity contribution >= 4 is 112 Å². The highest BCUT2D eigenvalue weighted by Crippen LogP contribution is 2.37. The predicted octanol–water partition coefficient (Wildman–Crippen LogP) is -2.89. The van der Waals surface area contributed by atoms with Crippen LogP contribution >= 0.6 is 11.8 Å². The summed E-state index contributed by atoms with van der Waals surface area (Å²) in [5.74, 6) is -13.3. The van der Waals surface area contributed by atoms with Crippen LogP contribution in [0, 0.1) is 10.1 Å². The number of unbranched alkanes of at least 4 members (excludes halogenated alkanes) is 2. The molecule has 0 spiro atoms. The topological polar surface area (TPSA) is 595 Å². The number of nitro benzene ring substituents is 1. The molecule has 3 unspecified atom stereocenters. The number of amides is 12. The van der Waals surface area contributed by atoms with Crippen LogP contribution in [-0.4, -0.2) is 213 Å². The molecule has 0 aromatic heterocycles. The minimum absolute atomic E-state index is 0.0242. The Kier molecular flexibility index (Phi) is 31.6. The smallest absolute Gasteiger partial charge is 0.322 e. The lowest BCUT2D eigenvalue weighted by Crippen LogP contribution is -2.57. The molecule has 2 fully saturated rings. The number of carbonyl (C=O) groups is 15. The number of urea groups is 1. The Labute approximate surface area is 563 Å². The number of benzene rings is 2. The number of ether oxygens (including phenoxy) is 2. The average Bonchev–Trinajstić information content (AvgIpc) is 1.64. The standard InChI is InChI=1S/C35H49N9O12S.C24H32N6O11/c36-12-2-1-5-21-32(53)42-23(31(52)38-17-29(49)50)11-13-56-25-9-7-18(14-20(25)30(51)40-22(33(54)41-21)8-10-28(47)48)39-27(46)16-37-26(45)6-3-4-19-15-24-34(57-19)44-35(55)43-24;25-9-2-1-3-15-23(37)29-17(22(36)26-12-20(33)34)8-10-41-18-6-4-13(30(39)40)11-14(18)21(35)27-16(24(38)28-15)5-7-19(31)32/h7,9,14,19,21-24,34H,1-6,8,10-13,15-17,36H2,(H,37,45)(H,38,52)(H,39,46)(H,40,51)(H,41,54)(H,42,53)(H,47,48)(H,49,50)(H2,43,44,55);4,6,11,15-17H,1-3,5,7-10,12,25H2,(H,26,36)(H,27,35)(H,28,38)(H,29,37)(H,31,32)(H,33,34)/t19?,21-,22-,23?,24+,34-;15-,16-,17?/m00/s1. The van der Waals surface area contributed by atoms with Crippen LogP contribution < -0.4 is 84.7 Å². The molecule has 39 heteroatoms. The van der Waals surface area contributed by atoms with E-state index in [1.54, 1.807) is 11.8 Å². The van der Waals surface area contributed by atoms with E-state index in [2.05, 4.69) is 63.8 Å². The molecule has 2 saturated heterocycles. The summed E-state index contributed by atoms with van der Waals surface area (Å²) in [6, 6.07) is -1.05. The molecule has 6 rings (SSSR count). The minimum Gasteiger partial charge on any atom is -0.493 e. The number of nitro groups is 1. The Balaban J connectivity index is 0.000000374. The van der Waals surface area contributed by atoms with E-state index in [4.69, 9.17) is 36.3 Å². The van der Waals surface area contributed by atoms with E-state index in [9.17, 15) is 87.1 Å². The molecule has 0 bridgehead atoms. The van der Waals surface area contributed by atoms with Gasteiger partial charge >= 0.3 is 29.9 Å². The summed E-state index contributed by atoms with van der Waals surface area (Å²) >= 11 is 1.66. The number of aliphatic carboxylic acids is 4. The number of hydrogen-bond acceptors (Lipinski definition) is 22. The highest BCUT2D eigenvalue weighted by atomic mass is 32.2. The van der Waals surface area contributed by atoms with E-state index in [0.717, 1.165) is 31.0 Å². The van der Waals surface area contributed by atoms with Gasteiger partial charge in [-0.15, -0.1) is 11.8 Å². The van der Waals surface area contributed by atoms with Crippen LogP contribution in [0.5, 0.6) is 11.5 Å². The Morgan fingerprint density at radius 2 is 1.01 bits per heavy atom. The summed E-state index contributed by atoms with van der Waals surface area (Å²) in [5, 5.41) is 78.2. The largest absolute Gasteiger partial charge is 0.493 e. The molecule has 4 aliphatic rings. The minimum atomic E-state index is -1.46. The highest BCUT2D eigenvalue weighted by molar-refractivity contribution is 8.00. The van der Waals surface area contributed by atoms with Gasteiger partial charge < -0.3 is 105 Å². The van der Waals surface area contributed by atoms with Crippen molar-refractivity contribution in [1.82, 2.24) is 58.5 Å². The van der Waals surface area contributed by atoms with Crippen molar-refractivity contribution in [1.29, 1.82) is 0 Å². The zero-order chi connectivity index (χ0) is 72.0. The molecule has 12 amide bonds.